The number of hydrogen-bond acceptors (Lipinski definition) is 4. The SMILES string of the molecule is CNNC(=O)C(C)(C)c1ccc2c(c1)OCCO2. The summed E-state index contributed by atoms with van der Waals surface area (Å²) in [4.78, 5) is 12.0. The molecule has 1 aliphatic rings. The highest BCUT2D eigenvalue weighted by Gasteiger charge is 2.30. The van der Waals surface area contributed by atoms with Crippen molar-refractivity contribution in [1.29, 1.82) is 0 Å². The minimum atomic E-state index is -0.640. The molecule has 0 bridgehead atoms. The molecular formula is C13H18N2O3. The molecule has 1 aliphatic heterocycles. The number of hydrogen-bond donors (Lipinski definition) is 2. The number of carbonyl (C=O) groups is 1. The first-order chi connectivity index (χ1) is 8.55. The van der Waals surface area contributed by atoms with Crippen LogP contribution in [0.3, 0.4) is 0 Å². The summed E-state index contributed by atoms with van der Waals surface area (Å²) in [5, 5.41) is 0. The molecule has 0 fully saturated rings. The predicted molar refractivity (Wildman–Crippen MR) is 67.7 cm³/mol. The number of hydrazine groups is 1. The van der Waals surface area contributed by atoms with Gasteiger partial charge in [-0.15, -0.1) is 0 Å². The number of carbonyl (C=O) groups excluding carboxylic acids is 1. The van der Waals surface area contributed by atoms with E-state index in [0.29, 0.717) is 19.0 Å². The van der Waals surface area contributed by atoms with Crippen LogP contribution in [-0.4, -0.2) is 26.2 Å². The van der Waals surface area contributed by atoms with Gasteiger partial charge in [0.05, 0.1) is 5.41 Å². The van der Waals surface area contributed by atoms with Gasteiger partial charge in [0.2, 0.25) is 5.91 Å². The minimum absolute atomic E-state index is 0.0957. The highest BCUT2D eigenvalue weighted by atomic mass is 16.6. The third-order valence-corrected chi connectivity index (χ3v) is 3.07. The fourth-order valence-corrected chi connectivity index (χ4v) is 1.83. The molecule has 2 N–H and O–H groups in total. The summed E-state index contributed by atoms with van der Waals surface area (Å²) >= 11 is 0. The molecular weight excluding hydrogens is 232 g/mol. The number of rotatable bonds is 3. The van der Waals surface area contributed by atoms with E-state index in [2.05, 4.69) is 10.9 Å². The lowest BCUT2D eigenvalue weighted by molar-refractivity contribution is -0.126. The predicted octanol–water partition coefficient (Wildman–Crippen LogP) is 0.986. The molecule has 0 radical (unpaired) electrons. The molecule has 0 saturated carbocycles. The number of nitrogens with one attached hydrogen (secondary N) is 2. The smallest absolute Gasteiger partial charge is 0.244 e. The molecule has 0 saturated heterocycles. The lowest BCUT2D eigenvalue weighted by Gasteiger charge is -2.26. The van der Waals surface area contributed by atoms with Crippen molar-refractivity contribution in [3.8, 4) is 11.5 Å². The first-order valence-electron chi connectivity index (χ1n) is 5.93. The summed E-state index contributed by atoms with van der Waals surface area (Å²) in [7, 11) is 1.66. The lowest BCUT2D eigenvalue weighted by Crippen LogP contribution is -2.45. The molecule has 5 heteroatoms. The standard InChI is InChI=1S/C13H18N2O3/c1-13(2,12(16)15-14-3)9-4-5-10-11(8-9)18-7-6-17-10/h4-5,8,14H,6-7H2,1-3H3,(H,15,16). The van der Waals surface area contributed by atoms with E-state index in [1.54, 1.807) is 7.05 Å². The van der Waals surface area contributed by atoms with Crippen molar-refractivity contribution in [3.05, 3.63) is 23.8 Å². The summed E-state index contributed by atoms with van der Waals surface area (Å²) in [5.41, 5.74) is 5.50. The first-order valence-corrected chi connectivity index (χ1v) is 5.93. The summed E-state index contributed by atoms with van der Waals surface area (Å²) in [6.45, 7) is 4.84. The van der Waals surface area contributed by atoms with Crippen molar-refractivity contribution in [1.82, 2.24) is 10.9 Å². The third kappa shape index (κ3) is 2.26. The van der Waals surface area contributed by atoms with Crippen LogP contribution in [0.25, 0.3) is 0 Å². The second-order valence-electron chi connectivity index (χ2n) is 4.69. The fraction of sp³-hybridized carbons (Fsp3) is 0.462. The van der Waals surface area contributed by atoms with Gasteiger partial charge in [-0.2, -0.15) is 0 Å². The highest BCUT2D eigenvalue weighted by molar-refractivity contribution is 5.87. The van der Waals surface area contributed by atoms with E-state index in [9.17, 15) is 4.79 Å². The molecule has 1 amide bonds. The van der Waals surface area contributed by atoms with Crippen molar-refractivity contribution in [2.24, 2.45) is 0 Å². The van der Waals surface area contributed by atoms with Crippen LogP contribution in [0.1, 0.15) is 19.4 Å². The summed E-state index contributed by atoms with van der Waals surface area (Å²) in [5.74, 6) is 1.33. The molecule has 0 aliphatic carbocycles. The van der Waals surface area contributed by atoms with Crippen LogP contribution in [0.2, 0.25) is 0 Å². The maximum atomic E-state index is 12.0. The van der Waals surface area contributed by atoms with E-state index < -0.39 is 5.41 Å². The van der Waals surface area contributed by atoms with Crippen LogP contribution in [0.5, 0.6) is 11.5 Å². The van der Waals surface area contributed by atoms with Crippen LogP contribution in [0, 0.1) is 0 Å². The largest absolute Gasteiger partial charge is 0.486 e. The van der Waals surface area contributed by atoms with Gasteiger partial charge in [-0.1, -0.05) is 6.07 Å². The van der Waals surface area contributed by atoms with Crippen molar-refractivity contribution in [2.45, 2.75) is 19.3 Å². The quantitative estimate of drug-likeness (QED) is 0.785. The molecule has 1 heterocycles. The van der Waals surface area contributed by atoms with Crippen molar-refractivity contribution in [2.75, 3.05) is 20.3 Å². The zero-order valence-corrected chi connectivity index (χ0v) is 10.9. The van der Waals surface area contributed by atoms with E-state index in [0.717, 1.165) is 11.3 Å². The first kappa shape index (κ1) is 12.7. The van der Waals surface area contributed by atoms with Gasteiger partial charge in [-0.05, 0) is 31.5 Å². The lowest BCUT2D eigenvalue weighted by atomic mass is 9.83. The van der Waals surface area contributed by atoms with Crippen LogP contribution >= 0.6 is 0 Å². The maximum absolute atomic E-state index is 12.0. The van der Waals surface area contributed by atoms with Gasteiger partial charge in [0.1, 0.15) is 13.2 Å². The molecule has 1 aromatic carbocycles. The number of ether oxygens (including phenoxy) is 2. The molecule has 18 heavy (non-hydrogen) atoms. The van der Waals surface area contributed by atoms with Gasteiger partial charge in [-0.3, -0.25) is 10.2 Å². The molecule has 5 nitrogen and oxygen atoms in total. The van der Waals surface area contributed by atoms with Crippen LogP contribution in [0.4, 0.5) is 0 Å². The zero-order chi connectivity index (χ0) is 13.2. The fourth-order valence-electron chi connectivity index (χ4n) is 1.83. The monoisotopic (exact) mass is 250 g/mol. The van der Waals surface area contributed by atoms with Crippen molar-refractivity contribution >= 4 is 5.91 Å². The van der Waals surface area contributed by atoms with E-state index in [1.165, 1.54) is 0 Å². The van der Waals surface area contributed by atoms with Gasteiger partial charge in [0, 0.05) is 7.05 Å². The van der Waals surface area contributed by atoms with Crippen LogP contribution < -0.4 is 20.3 Å². The molecule has 98 valence electrons. The summed E-state index contributed by atoms with van der Waals surface area (Å²) in [6.07, 6.45) is 0. The topological polar surface area (TPSA) is 59.6 Å². The van der Waals surface area contributed by atoms with Gasteiger partial charge in [0.15, 0.2) is 11.5 Å². The number of fused-ring (bicyclic) bond motifs is 1. The molecule has 0 spiro atoms. The highest BCUT2D eigenvalue weighted by Crippen LogP contribution is 2.35. The average Bonchev–Trinajstić information content (AvgIpc) is 2.38. The van der Waals surface area contributed by atoms with Crippen molar-refractivity contribution in [3.63, 3.8) is 0 Å². The van der Waals surface area contributed by atoms with Gasteiger partial charge in [-0.25, -0.2) is 5.43 Å². The number of benzene rings is 1. The van der Waals surface area contributed by atoms with E-state index >= 15 is 0 Å². The Bertz CT molecular complexity index is 458. The van der Waals surface area contributed by atoms with Gasteiger partial charge >= 0.3 is 0 Å². The van der Waals surface area contributed by atoms with Gasteiger partial charge in [0.25, 0.3) is 0 Å². The minimum Gasteiger partial charge on any atom is -0.486 e. The Hall–Kier alpha value is -1.75. The molecule has 0 unspecified atom stereocenters. The average molecular weight is 250 g/mol. The molecule has 1 aromatic rings. The Morgan fingerprint density at radius 3 is 2.56 bits per heavy atom. The Morgan fingerprint density at radius 2 is 1.89 bits per heavy atom. The Balaban J connectivity index is 2.30. The Labute approximate surface area is 106 Å². The normalized spacial score (nSPS) is 14.2. The molecule has 0 aromatic heterocycles. The van der Waals surface area contributed by atoms with E-state index in [4.69, 9.17) is 9.47 Å². The zero-order valence-electron chi connectivity index (χ0n) is 10.9. The molecule has 0 atom stereocenters. The Kier molecular flexibility index (Phi) is 3.43. The second-order valence-corrected chi connectivity index (χ2v) is 4.69. The van der Waals surface area contributed by atoms with Crippen molar-refractivity contribution < 1.29 is 14.3 Å². The maximum Gasteiger partial charge on any atom is 0.244 e. The molecule has 2 rings (SSSR count). The summed E-state index contributed by atoms with van der Waals surface area (Å²) < 4.78 is 11.0. The number of amides is 1. The summed E-state index contributed by atoms with van der Waals surface area (Å²) in [6, 6.07) is 5.60. The van der Waals surface area contributed by atoms with Gasteiger partial charge < -0.3 is 9.47 Å². The van der Waals surface area contributed by atoms with E-state index in [-0.39, 0.29) is 5.91 Å². The third-order valence-electron chi connectivity index (χ3n) is 3.07. The Morgan fingerprint density at radius 1 is 1.22 bits per heavy atom. The van der Waals surface area contributed by atoms with Crippen LogP contribution in [0.15, 0.2) is 18.2 Å². The van der Waals surface area contributed by atoms with Crippen LogP contribution in [-0.2, 0) is 10.2 Å². The second kappa shape index (κ2) is 4.86. The van der Waals surface area contributed by atoms with E-state index in [1.807, 2.05) is 32.0 Å².